The number of hydrogen-bond acceptors (Lipinski definition) is 15. The van der Waals surface area contributed by atoms with E-state index in [1.54, 1.807) is 66.1 Å². The summed E-state index contributed by atoms with van der Waals surface area (Å²) < 4.78 is 54.7. The molecule has 0 fully saturated rings. The third-order valence-corrected chi connectivity index (χ3v) is 20.8. The molecule has 0 spiro atoms. The molecule has 0 aliphatic rings. The molecule has 14 aromatic carbocycles. The van der Waals surface area contributed by atoms with E-state index in [9.17, 15) is 0 Å². The Morgan fingerprint density at radius 2 is 0.606 bits per heavy atom. The van der Waals surface area contributed by atoms with E-state index in [-0.39, 0.29) is 101 Å². The third-order valence-electron chi connectivity index (χ3n) is 20.8. The molecule has 0 aliphatic carbocycles. The Morgan fingerprint density at radius 3 is 0.984 bits per heavy atom. The van der Waals surface area contributed by atoms with E-state index in [0.29, 0.717) is 17.5 Å². The summed E-state index contributed by atoms with van der Waals surface area (Å²) in [5.41, 5.74) is 17.2. The first-order valence-corrected chi connectivity index (χ1v) is 39.2. The summed E-state index contributed by atoms with van der Waals surface area (Å²) in [6.45, 7) is 0. The number of nitrogens with zero attached hydrogens (tertiary/aromatic N) is 12. The van der Waals surface area contributed by atoms with Crippen LogP contribution in [0.4, 0.5) is 34.3 Å². The fourth-order valence-corrected chi connectivity index (χ4v) is 15.3. The average Bonchev–Trinajstić information content (AvgIpc) is 1.61. The minimum absolute atomic E-state index is 0. The summed E-state index contributed by atoms with van der Waals surface area (Å²) in [7, 11) is 4.83. The molecule has 635 valence electrons. The number of para-hydroxylation sites is 9. The second-order valence-electron chi connectivity index (χ2n) is 28.0. The van der Waals surface area contributed by atoms with Crippen LogP contribution in [0.1, 0.15) is 0 Å². The molecule has 0 unspecified atom stereocenters. The Hall–Kier alpha value is -13.6. The maximum Gasteiger partial charge on any atom is 0.232 e. The van der Waals surface area contributed by atoms with E-state index in [2.05, 4.69) is 138 Å². The van der Waals surface area contributed by atoms with Gasteiger partial charge in [-0.1, -0.05) is 191 Å². The number of aromatic nitrogens is 10. The van der Waals surface area contributed by atoms with Gasteiger partial charge in [-0.2, -0.15) is 111 Å². The second-order valence-corrected chi connectivity index (χ2v) is 28.0. The van der Waals surface area contributed by atoms with Gasteiger partial charge in [-0.25, -0.2) is 9.36 Å². The zero-order valence-corrected chi connectivity index (χ0v) is 79.4. The number of ether oxygens (including phenoxy) is 3. The number of hydrogen-bond donors (Lipinski definition) is 0. The summed E-state index contributed by atoms with van der Waals surface area (Å²) in [5, 5.41) is 32.9. The van der Waals surface area contributed by atoms with Crippen molar-refractivity contribution in [3.8, 4) is 45.9 Å². The van der Waals surface area contributed by atoms with Crippen molar-refractivity contribution in [2.24, 2.45) is 0 Å². The van der Waals surface area contributed by atoms with Crippen molar-refractivity contribution in [1.82, 2.24) is 48.9 Å². The molecule has 0 saturated heterocycles. The predicted molar refractivity (Wildman–Crippen MR) is 477 cm³/mol. The summed E-state index contributed by atoms with van der Waals surface area (Å²) in [5.74, 6) is 2.81. The van der Waals surface area contributed by atoms with Gasteiger partial charge in [0.1, 0.15) is 33.7 Å². The molecule has 0 aliphatic heterocycles. The van der Waals surface area contributed by atoms with Gasteiger partial charge in [0.05, 0.1) is 64.2 Å². The van der Waals surface area contributed by atoms with Gasteiger partial charge in [0.15, 0.2) is 5.75 Å². The smallest absolute Gasteiger partial charge is 0.232 e. The van der Waals surface area contributed by atoms with Crippen LogP contribution < -0.4 is 24.0 Å². The molecule has 0 saturated carbocycles. The van der Waals surface area contributed by atoms with E-state index in [4.69, 9.17) is 36.3 Å². The number of benzene rings is 14. The van der Waals surface area contributed by atoms with Crippen molar-refractivity contribution >= 4 is 144 Å². The van der Waals surface area contributed by atoms with Crippen LogP contribution in [0, 0.1) is 30.3 Å². The van der Waals surface area contributed by atoms with Crippen LogP contribution in [0.3, 0.4) is 0 Å². The van der Waals surface area contributed by atoms with Crippen molar-refractivity contribution in [2.45, 2.75) is 0 Å². The molecule has 127 heavy (non-hydrogen) atoms. The minimum atomic E-state index is 0. The Labute approximate surface area is 794 Å². The Balaban J connectivity index is 0.000000123. The van der Waals surface area contributed by atoms with Crippen molar-refractivity contribution in [3.63, 3.8) is 0 Å². The molecular weight excluding hydrogens is 2480 g/mol. The van der Waals surface area contributed by atoms with Crippen molar-refractivity contribution in [3.05, 3.63) is 395 Å². The molecule has 20 nitrogen and oxygen atoms in total. The minimum Gasteiger partial charge on any atom is -0.513 e. The molecular formula is C102H69Ir5N12O8-5. The fraction of sp³-hybridized carbons (Fsp3) is 0.0294. The van der Waals surface area contributed by atoms with Gasteiger partial charge in [0.25, 0.3) is 0 Å². The SMILES string of the molecule is COc1ccn(-c2[c-]ccc3c2oc2ccccc23)n1.COc1ccnn1-c1[c-]ccc2c1oc1ccccc12.COc1cnn(-c2[c-]ccc3c2oc2ccccc23)c1.[Ir].[Ir].[Ir].[Ir].[Ir].[c-]1ccc2c(oc3ccccc32)c1-n1cc(N(c2ccccc2)c2ccccc2)cn1.[c-]1ccc2c(oc3ccccc32)c1-n1nccc1N(c1ccccc1)c1ccccc1. The van der Waals surface area contributed by atoms with Crippen LogP contribution in [0.2, 0.25) is 0 Å². The molecule has 10 heterocycles. The normalized spacial score (nSPS) is 10.8. The Morgan fingerprint density at radius 1 is 0.276 bits per heavy atom. The molecule has 0 amide bonds. The summed E-state index contributed by atoms with van der Waals surface area (Å²) in [6, 6.07) is 123. The van der Waals surface area contributed by atoms with Gasteiger partial charge in [0, 0.05) is 203 Å². The van der Waals surface area contributed by atoms with E-state index in [1.165, 1.54) is 0 Å². The quantitative estimate of drug-likeness (QED) is 0.0934. The Kier molecular flexibility index (Phi) is 27.6. The third kappa shape index (κ3) is 17.4. The molecule has 10 aromatic heterocycles. The van der Waals surface area contributed by atoms with Crippen LogP contribution in [0.5, 0.6) is 17.5 Å². The predicted octanol–water partition coefficient (Wildman–Crippen LogP) is 24.8. The van der Waals surface area contributed by atoms with Gasteiger partial charge in [-0.05, 0) is 107 Å². The molecule has 24 aromatic rings. The van der Waals surface area contributed by atoms with Crippen molar-refractivity contribution in [2.75, 3.05) is 31.1 Å². The van der Waals surface area contributed by atoms with Crippen molar-refractivity contribution < 1.29 is 137 Å². The second kappa shape index (κ2) is 39.7. The molecule has 5 radical (unpaired) electrons. The summed E-state index contributed by atoms with van der Waals surface area (Å²) >= 11 is 0. The van der Waals surface area contributed by atoms with Gasteiger partial charge in [0.2, 0.25) is 11.8 Å². The van der Waals surface area contributed by atoms with Crippen LogP contribution in [-0.4, -0.2) is 70.2 Å². The Bertz CT molecular complexity index is 7580. The maximum absolute atomic E-state index is 6.24. The maximum atomic E-state index is 6.24. The van der Waals surface area contributed by atoms with E-state index in [0.717, 1.165) is 172 Å². The van der Waals surface area contributed by atoms with Gasteiger partial charge in [-0.3, -0.25) is 18.9 Å². The number of rotatable bonds is 14. The van der Waals surface area contributed by atoms with Gasteiger partial charge in [-0.15, -0.1) is 5.10 Å². The van der Waals surface area contributed by atoms with E-state index in [1.807, 2.05) is 271 Å². The van der Waals surface area contributed by atoms with Crippen LogP contribution in [0.25, 0.3) is 138 Å². The van der Waals surface area contributed by atoms with E-state index >= 15 is 0 Å². The molecule has 0 N–H and O–H groups in total. The monoisotopic (exact) mass is 2550 g/mol. The summed E-state index contributed by atoms with van der Waals surface area (Å²) in [6.07, 6.45) is 12.7. The number of methoxy groups -OCH3 is 3. The molecule has 0 atom stereocenters. The zero-order chi connectivity index (χ0) is 81.8. The largest absolute Gasteiger partial charge is 0.513 e. The van der Waals surface area contributed by atoms with Gasteiger partial charge >= 0.3 is 0 Å². The molecule has 25 heteroatoms. The molecule has 0 bridgehead atoms. The molecule has 24 rings (SSSR count). The van der Waals surface area contributed by atoms with Crippen molar-refractivity contribution in [1.29, 1.82) is 0 Å². The standard InChI is InChI=1S/2C27H18N3O.3C16H11N2O2.5Ir/c1-3-10-20(11-4-1)30(21-12-5-2-6-13-21)22-18-28-29(19-22)25-16-9-15-24-23-14-7-8-17-26(23)31-27(24)25;1-3-10-20(11-4-1)29(21-12-5-2-6-13-21)26-18-19-28-30(26)24-16-9-15-23-22-14-7-8-17-25(22)31-27(23)24;1-19-11-9-17-18(10-11)14-7-4-6-13-12-5-2-3-8-15(12)20-16(13)14;1-19-15-9-10-18(17-15)13-7-4-6-12-11-5-2-3-8-14(11)20-16(12)13;1-19-15-9-10-17-18(15)13-7-4-6-12-11-5-2-3-8-14(11)20-16(12)13;;;;;/h2*1-15,17-19H;3*2-6,8-10H,1H3;;;;;/q5*-1;;;;;. The average molecular weight is 2550 g/mol. The topological polar surface area (TPSA) is 189 Å². The summed E-state index contributed by atoms with van der Waals surface area (Å²) in [4.78, 5) is 4.37. The first-order valence-electron chi connectivity index (χ1n) is 39.2. The van der Waals surface area contributed by atoms with Crippen LogP contribution in [-0.2, 0) is 101 Å². The van der Waals surface area contributed by atoms with Crippen LogP contribution in [0.15, 0.2) is 387 Å². The number of fused-ring (bicyclic) bond motifs is 15. The number of furan rings is 5. The van der Waals surface area contributed by atoms with Crippen LogP contribution >= 0.6 is 0 Å². The fourth-order valence-electron chi connectivity index (χ4n) is 15.3. The first kappa shape index (κ1) is 88.2. The van der Waals surface area contributed by atoms with E-state index < -0.39 is 0 Å². The number of anilines is 6. The zero-order valence-electron chi connectivity index (χ0n) is 67.4. The van der Waals surface area contributed by atoms with Gasteiger partial charge < -0.3 is 41.2 Å². The first-order chi connectivity index (χ1) is 60.4.